The average Bonchev–Trinajstić information content (AvgIpc) is 2.55. The van der Waals surface area contributed by atoms with Gasteiger partial charge in [0.05, 0.1) is 6.61 Å². The molecule has 1 atom stereocenters. The van der Waals surface area contributed by atoms with Gasteiger partial charge >= 0.3 is 0 Å². The second-order valence-corrected chi connectivity index (χ2v) is 4.54. The molecule has 3 heteroatoms. The Kier molecular flexibility index (Phi) is 4.40. The van der Waals surface area contributed by atoms with Crippen LogP contribution in [-0.2, 0) is 0 Å². The molecule has 2 rings (SSSR count). The Bertz CT molecular complexity index is 354. The molecular weight excluding hydrogens is 212 g/mol. The molecule has 1 N–H and O–H groups in total. The molecule has 17 heavy (non-hydrogen) atoms. The molecule has 0 aliphatic carbocycles. The lowest BCUT2D eigenvalue weighted by atomic mass is 10.0. The maximum absolute atomic E-state index is 5.57. The molecule has 94 valence electrons. The first-order valence-corrected chi connectivity index (χ1v) is 6.45. The minimum Gasteiger partial charge on any atom is -0.494 e. The number of hydrogen-bond donors (Lipinski definition) is 1. The zero-order valence-corrected chi connectivity index (χ0v) is 10.8. The Balaban J connectivity index is 2.16. The average molecular weight is 234 g/mol. The van der Waals surface area contributed by atoms with Gasteiger partial charge in [-0.25, -0.2) is 0 Å². The molecule has 1 saturated heterocycles. The SMILES string of the molecule is CCOc1cccc(C2CCNCCN2C)c1. The Hall–Kier alpha value is -1.06. The van der Waals surface area contributed by atoms with Crippen LogP contribution in [0.15, 0.2) is 24.3 Å². The van der Waals surface area contributed by atoms with Crippen molar-refractivity contribution < 1.29 is 4.74 Å². The Morgan fingerprint density at radius 3 is 3.12 bits per heavy atom. The van der Waals surface area contributed by atoms with Crippen molar-refractivity contribution in [2.24, 2.45) is 0 Å². The van der Waals surface area contributed by atoms with Crippen molar-refractivity contribution in [3.8, 4) is 5.75 Å². The topological polar surface area (TPSA) is 24.5 Å². The van der Waals surface area contributed by atoms with E-state index >= 15 is 0 Å². The maximum atomic E-state index is 5.57. The monoisotopic (exact) mass is 234 g/mol. The fourth-order valence-corrected chi connectivity index (χ4v) is 2.39. The summed E-state index contributed by atoms with van der Waals surface area (Å²) < 4.78 is 5.57. The molecule has 0 radical (unpaired) electrons. The summed E-state index contributed by atoms with van der Waals surface area (Å²) >= 11 is 0. The predicted octanol–water partition coefficient (Wildman–Crippen LogP) is 2.05. The van der Waals surface area contributed by atoms with Gasteiger partial charge in [-0.05, 0) is 44.6 Å². The number of likely N-dealkylation sites (N-methyl/N-ethyl adjacent to an activating group) is 1. The zero-order chi connectivity index (χ0) is 12.1. The van der Waals surface area contributed by atoms with Gasteiger partial charge in [0.25, 0.3) is 0 Å². The first-order chi connectivity index (χ1) is 8.31. The Labute approximate surface area is 104 Å². The lowest BCUT2D eigenvalue weighted by molar-refractivity contribution is 0.257. The Morgan fingerprint density at radius 1 is 1.41 bits per heavy atom. The molecule has 1 aromatic rings. The summed E-state index contributed by atoms with van der Waals surface area (Å²) in [6.07, 6.45) is 1.16. The van der Waals surface area contributed by atoms with Gasteiger partial charge in [-0.2, -0.15) is 0 Å². The van der Waals surface area contributed by atoms with E-state index in [1.165, 1.54) is 5.56 Å². The van der Waals surface area contributed by atoms with Crippen molar-refractivity contribution in [1.29, 1.82) is 0 Å². The molecule has 1 unspecified atom stereocenters. The van der Waals surface area contributed by atoms with Gasteiger partial charge in [-0.1, -0.05) is 12.1 Å². The van der Waals surface area contributed by atoms with Crippen molar-refractivity contribution >= 4 is 0 Å². The predicted molar refractivity (Wildman–Crippen MR) is 70.5 cm³/mol. The number of hydrogen-bond acceptors (Lipinski definition) is 3. The first-order valence-electron chi connectivity index (χ1n) is 6.45. The quantitative estimate of drug-likeness (QED) is 0.866. The number of ether oxygens (including phenoxy) is 1. The van der Waals surface area contributed by atoms with Crippen LogP contribution in [0, 0.1) is 0 Å². The fraction of sp³-hybridized carbons (Fsp3) is 0.571. The summed E-state index contributed by atoms with van der Waals surface area (Å²) in [5, 5.41) is 3.44. The van der Waals surface area contributed by atoms with Gasteiger partial charge in [0.1, 0.15) is 5.75 Å². The van der Waals surface area contributed by atoms with Crippen LogP contribution < -0.4 is 10.1 Å². The lowest BCUT2D eigenvalue weighted by Crippen LogP contribution is -2.26. The van der Waals surface area contributed by atoms with Crippen molar-refractivity contribution in [3.05, 3.63) is 29.8 Å². The summed E-state index contributed by atoms with van der Waals surface area (Å²) in [5.74, 6) is 0.982. The van der Waals surface area contributed by atoms with Crippen molar-refractivity contribution in [2.45, 2.75) is 19.4 Å². The van der Waals surface area contributed by atoms with Crippen LogP contribution >= 0.6 is 0 Å². The minimum absolute atomic E-state index is 0.505. The second kappa shape index (κ2) is 6.03. The molecular formula is C14H22N2O. The lowest BCUT2D eigenvalue weighted by Gasteiger charge is -2.26. The summed E-state index contributed by atoms with van der Waals surface area (Å²) in [4.78, 5) is 2.42. The van der Waals surface area contributed by atoms with Crippen molar-refractivity contribution in [3.63, 3.8) is 0 Å². The third-order valence-corrected chi connectivity index (χ3v) is 3.32. The van der Waals surface area contributed by atoms with E-state index < -0.39 is 0 Å². The minimum atomic E-state index is 0.505. The van der Waals surface area contributed by atoms with E-state index in [4.69, 9.17) is 4.74 Å². The molecule has 1 fully saturated rings. The van der Waals surface area contributed by atoms with E-state index in [0.717, 1.165) is 38.4 Å². The Morgan fingerprint density at radius 2 is 2.29 bits per heavy atom. The normalized spacial score (nSPS) is 22.1. The van der Waals surface area contributed by atoms with E-state index in [1.54, 1.807) is 0 Å². The van der Waals surface area contributed by atoms with E-state index in [1.807, 2.05) is 13.0 Å². The maximum Gasteiger partial charge on any atom is 0.119 e. The number of nitrogens with one attached hydrogen (secondary N) is 1. The van der Waals surface area contributed by atoms with Crippen LogP contribution in [0.1, 0.15) is 24.9 Å². The van der Waals surface area contributed by atoms with E-state index in [0.29, 0.717) is 6.04 Å². The van der Waals surface area contributed by atoms with Crippen LogP contribution in [0.25, 0.3) is 0 Å². The number of benzene rings is 1. The molecule has 0 aromatic heterocycles. The smallest absolute Gasteiger partial charge is 0.119 e. The highest BCUT2D eigenvalue weighted by atomic mass is 16.5. The van der Waals surface area contributed by atoms with Crippen molar-refractivity contribution in [1.82, 2.24) is 10.2 Å². The highest BCUT2D eigenvalue weighted by Crippen LogP contribution is 2.26. The van der Waals surface area contributed by atoms with E-state index in [-0.39, 0.29) is 0 Å². The van der Waals surface area contributed by atoms with Gasteiger partial charge in [-0.15, -0.1) is 0 Å². The van der Waals surface area contributed by atoms with Gasteiger partial charge in [0, 0.05) is 19.1 Å². The first kappa shape index (κ1) is 12.4. The van der Waals surface area contributed by atoms with Gasteiger partial charge in [-0.3, -0.25) is 4.90 Å². The van der Waals surface area contributed by atoms with Gasteiger partial charge in [0.15, 0.2) is 0 Å². The molecule has 3 nitrogen and oxygen atoms in total. The highest BCUT2D eigenvalue weighted by molar-refractivity contribution is 5.30. The summed E-state index contributed by atoms with van der Waals surface area (Å²) in [6, 6.07) is 9.00. The molecule has 1 heterocycles. The van der Waals surface area contributed by atoms with E-state index in [2.05, 4.69) is 35.5 Å². The third kappa shape index (κ3) is 3.20. The molecule has 1 aliphatic heterocycles. The van der Waals surface area contributed by atoms with Crippen LogP contribution in [-0.4, -0.2) is 38.2 Å². The zero-order valence-electron chi connectivity index (χ0n) is 10.8. The summed E-state index contributed by atoms with van der Waals surface area (Å²) in [7, 11) is 2.20. The number of rotatable bonds is 3. The van der Waals surface area contributed by atoms with Crippen LogP contribution in [0.5, 0.6) is 5.75 Å². The molecule has 1 aliphatic rings. The molecule has 1 aromatic carbocycles. The van der Waals surface area contributed by atoms with Crippen LogP contribution in [0.3, 0.4) is 0 Å². The standard InChI is InChI=1S/C14H22N2O/c1-3-17-13-6-4-5-12(11-13)14-7-8-15-9-10-16(14)2/h4-6,11,14-15H,3,7-10H2,1-2H3. The molecule has 0 bridgehead atoms. The molecule has 0 saturated carbocycles. The fourth-order valence-electron chi connectivity index (χ4n) is 2.39. The highest BCUT2D eigenvalue weighted by Gasteiger charge is 2.19. The van der Waals surface area contributed by atoms with Gasteiger partial charge < -0.3 is 10.1 Å². The van der Waals surface area contributed by atoms with Gasteiger partial charge in [0.2, 0.25) is 0 Å². The molecule has 0 spiro atoms. The third-order valence-electron chi connectivity index (χ3n) is 3.32. The van der Waals surface area contributed by atoms with Crippen LogP contribution in [0.4, 0.5) is 0 Å². The van der Waals surface area contributed by atoms with Crippen molar-refractivity contribution in [2.75, 3.05) is 33.3 Å². The second-order valence-electron chi connectivity index (χ2n) is 4.54. The number of nitrogens with zero attached hydrogens (tertiary/aromatic N) is 1. The largest absolute Gasteiger partial charge is 0.494 e. The molecule has 0 amide bonds. The summed E-state index contributed by atoms with van der Waals surface area (Å²) in [5.41, 5.74) is 1.36. The van der Waals surface area contributed by atoms with Crippen LogP contribution in [0.2, 0.25) is 0 Å². The van der Waals surface area contributed by atoms with E-state index in [9.17, 15) is 0 Å². The summed E-state index contributed by atoms with van der Waals surface area (Å²) in [6.45, 7) is 6.02.